The van der Waals surface area contributed by atoms with Crippen molar-refractivity contribution in [2.45, 2.75) is 9.79 Å². The molecule has 0 spiro atoms. The number of nitrogens with one attached hydrogen (secondary N) is 2. The third-order valence-corrected chi connectivity index (χ3v) is 5.79. The fraction of sp³-hybridized carbons (Fsp3) is 0.0455. The van der Waals surface area contributed by atoms with Crippen molar-refractivity contribution in [1.29, 1.82) is 0 Å². The van der Waals surface area contributed by atoms with E-state index in [1.165, 1.54) is 18.9 Å². The van der Waals surface area contributed by atoms with E-state index in [1.54, 1.807) is 30.3 Å². The number of methoxy groups -OCH3 is 1. The Morgan fingerprint density at radius 2 is 1.86 bits per heavy atom. The molecule has 0 saturated carbocycles. The molecule has 4 N–H and O–H groups in total. The number of aromatic amines is 1. The number of nitro groups is 1. The predicted molar refractivity (Wildman–Crippen MR) is 127 cm³/mol. The third-order valence-electron chi connectivity index (χ3n) is 4.79. The van der Waals surface area contributed by atoms with Crippen LogP contribution in [0.25, 0.3) is 11.0 Å². The average molecular weight is 496 g/mol. The summed E-state index contributed by atoms with van der Waals surface area (Å²) >= 11 is 1.41. The number of non-ortho nitro benzene ring substituents is 1. The van der Waals surface area contributed by atoms with Crippen LogP contribution in [-0.4, -0.2) is 34.1 Å². The first-order chi connectivity index (χ1) is 16.7. The standard InChI is InChI=1S/C22H17FN6O5S/c1-34-22(31)27-21-25-17-9-7-15(11-18(17)26-21)35-14-5-2-12(3-6-14)28(20(24)30)19-10-13(29(32)33)4-8-16(19)23/h2-11H,1H3,(H2,24,30)(H2,25,26,27,31). The lowest BCUT2D eigenvalue weighted by Crippen LogP contribution is -2.32. The summed E-state index contributed by atoms with van der Waals surface area (Å²) in [6.45, 7) is 0. The van der Waals surface area contributed by atoms with Gasteiger partial charge in [0.1, 0.15) is 5.82 Å². The highest BCUT2D eigenvalue weighted by Gasteiger charge is 2.22. The third kappa shape index (κ3) is 5.14. The Balaban J connectivity index is 1.57. The van der Waals surface area contributed by atoms with E-state index < -0.39 is 22.9 Å². The van der Waals surface area contributed by atoms with Gasteiger partial charge in [0.05, 0.1) is 34.4 Å². The summed E-state index contributed by atoms with van der Waals surface area (Å²) in [5.41, 5.74) is 6.33. The van der Waals surface area contributed by atoms with Gasteiger partial charge in [-0.15, -0.1) is 0 Å². The summed E-state index contributed by atoms with van der Waals surface area (Å²) in [5, 5.41) is 13.5. The number of halogens is 1. The van der Waals surface area contributed by atoms with E-state index in [9.17, 15) is 24.1 Å². The number of carbonyl (C=O) groups excluding carboxylic acids is 2. The predicted octanol–water partition coefficient (Wildman–Crippen LogP) is 5.16. The van der Waals surface area contributed by atoms with Crippen molar-refractivity contribution >= 4 is 57.9 Å². The molecule has 0 aliphatic heterocycles. The van der Waals surface area contributed by atoms with Crippen LogP contribution in [0.5, 0.6) is 0 Å². The molecule has 3 aromatic carbocycles. The van der Waals surface area contributed by atoms with E-state index in [0.29, 0.717) is 11.0 Å². The number of anilines is 3. The number of fused-ring (bicyclic) bond motifs is 1. The number of nitrogens with zero attached hydrogens (tertiary/aromatic N) is 3. The Morgan fingerprint density at radius 1 is 1.14 bits per heavy atom. The van der Waals surface area contributed by atoms with Crippen molar-refractivity contribution in [3.8, 4) is 0 Å². The fourth-order valence-corrected chi connectivity index (χ4v) is 4.09. The molecule has 0 aliphatic rings. The highest BCUT2D eigenvalue weighted by Crippen LogP contribution is 2.34. The molecule has 4 aromatic rings. The molecule has 4 rings (SSSR count). The van der Waals surface area contributed by atoms with Crippen molar-refractivity contribution < 1.29 is 23.6 Å². The van der Waals surface area contributed by atoms with Gasteiger partial charge in [0.25, 0.3) is 5.69 Å². The van der Waals surface area contributed by atoms with Gasteiger partial charge < -0.3 is 15.5 Å². The monoisotopic (exact) mass is 496 g/mol. The smallest absolute Gasteiger partial charge is 0.413 e. The number of aromatic nitrogens is 2. The zero-order valence-electron chi connectivity index (χ0n) is 18.0. The number of ether oxygens (including phenoxy) is 1. The number of rotatable bonds is 6. The summed E-state index contributed by atoms with van der Waals surface area (Å²) in [6.07, 6.45) is -0.645. The normalized spacial score (nSPS) is 10.7. The first-order valence-corrected chi connectivity index (χ1v) is 10.7. The minimum atomic E-state index is -0.995. The lowest BCUT2D eigenvalue weighted by Gasteiger charge is -2.21. The molecule has 11 nitrogen and oxygen atoms in total. The Morgan fingerprint density at radius 3 is 2.51 bits per heavy atom. The number of nitrogens with two attached hydrogens (primary N) is 1. The number of nitro benzene ring substituents is 1. The Hall–Kier alpha value is -4.65. The number of hydrogen-bond acceptors (Lipinski definition) is 7. The van der Waals surface area contributed by atoms with Gasteiger partial charge >= 0.3 is 12.1 Å². The Kier molecular flexibility index (Phi) is 6.51. The van der Waals surface area contributed by atoms with E-state index in [4.69, 9.17) is 5.73 Å². The quantitative estimate of drug-likeness (QED) is 0.246. The minimum absolute atomic E-state index is 0.240. The average Bonchev–Trinajstić information content (AvgIpc) is 3.22. The number of carbonyl (C=O) groups is 2. The molecular formula is C22H17FN6O5S. The maximum Gasteiger partial charge on any atom is 0.413 e. The maximum atomic E-state index is 14.4. The second kappa shape index (κ2) is 9.69. The zero-order valence-corrected chi connectivity index (χ0v) is 18.8. The van der Waals surface area contributed by atoms with Crippen LogP contribution in [0.15, 0.2) is 70.5 Å². The molecule has 13 heteroatoms. The van der Waals surface area contributed by atoms with Crippen LogP contribution < -0.4 is 16.0 Å². The summed E-state index contributed by atoms with van der Waals surface area (Å²) in [4.78, 5) is 43.6. The van der Waals surface area contributed by atoms with Gasteiger partial charge in [-0.3, -0.25) is 20.3 Å². The number of amides is 3. The summed E-state index contributed by atoms with van der Waals surface area (Å²) in [5.74, 6) is -0.583. The second-order valence-corrected chi connectivity index (χ2v) is 8.19. The van der Waals surface area contributed by atoms with Crippen LogP contribution in [-0.2, 0) is 4.74 Å². The molecule has 0 aliphatic carbocycles. The number of hydrogen-bond donors (Lipinski definition) is 3. The van der Waals surface area contributed by atoms with Gasteiger partial charge in [0, 0.05) is 21.9 Å². The van der Waals surface area contributed by atoms with Crippen LogP contribution in [0.2, 0.25) is 0 Å². The van der Waals surface area contributed by atoms with E-state index in [-0.39, 0.29) is 23.0 Å². The van der Waals surface area contributed by atoms with Crippen molar-refractivity contribution in [3.63, 3.8) is 0 Å². The van der Waals surface area contributed by atoms with E-state index in [1.807, 2.05) is 12.1 Å². The first-order valence-electron chi connectivity index (χ1n) is 9.91. The van der Waals surface area contributed by atoms with Gasteiger partial charge in [-0.05, 0) is 48.5 Å². The van der Waals surface area contributed by atoms with Gasteiger partial charge in [0.2, 0.25) is 5.95 Å². The summed E-state index contributed by atoms with van der Waals surface area (Å²) in [7, 11) is 1.25. The van der Waals surface area contributed by atoms with E-state index in [0.717, 1.165) is 32.9 Å². The molecule has 0 saturated heterocycles. The molecule has 3 amide bonds. The molecule has 0 radical (unpaired) electrons. The molecular weight excluding hydrogens is 479 g/mol. The van der Waals surface area contributed by atoms with Crippen LogP contribution in [0.3, 0.4) is 0 Å². The van der Waals surface area contributed by atoms with Crippen LogP contribution in [0.4, 0.5) is 37.0 Å². The van der Waals surface area contributed by atoms with Gasteiger partial charge in [-0.25, -0.2) is 19.0 Å². The van der Waals surface area contributed by atoms with Crippen LogP contribution in [0.1, 0.15) is 0 Å². The van der Waals surface area contributed by atoms with Crippen molar-refractivity contribution in [2.24, 2.45) is 5.73 Å². The molecule has 0 atom stereocenters. The number of imidazole rings is 1. The topological polar surface area (TPSA) is 156 Å². The number of urea groups is 1. The number of primary amides is 1. The molecule has 0 bridgehead atoms. The Bertz CT molecular complexity index is 1440. The fourth-order valence-electron chi connectivity index (χ4n) is 3.23. The number of H-pyrrole nitrogens is 1. The summed E-state index contributed by atoms with van der Waals surface area (Å²) < 4.78 is 18.9. The molecule has 178 valence electrons. The maximum absolute atomic E-state index is 14.4. The number of benzene rings is 3. The second-order valence-electron chi connectivity index (χ2n) is 7.04. The zero-order chi connectivity index (χ0) is 25.1. The largest absolute Gasteiger partial charge is 0.453 e. The molecule has 0 unspecified atom stereocenters. The van der Waals surface area contributed by atoms with E-state index >= 15 is 0 Å². The van der Waals surface area contributed by atoms with Crippen molar-refractivity contribution in [3.05, 3.63) is 76.6 Å². The van der Waals surface area contributed by atoms with E-state index in [2.05, 4.69) is 20.0 Å². The van der Waals surface area contributed by atoms with Crippen LogP contribution in [0, 0.1) is 15.9 Å². The SMILES string of the molecule is COC(=O)Nc1nc2ccc(Sc3ccc(N(C(N)=O)c4cc([N+](=O)[O-])ccc4F)cc3)cc2[nH]1. The van der Waals surface area contributed by atoms with Crippen molar-refractivity contribution in [1.82, 2.24) is 9.97 Å². The highest BCUT2D eigenvalue weighted by atomic mass is 32.2. The van der Waals surface area contributed by atoms with Gasteiger partial charge in [-0.1, -0.05) is 11.8 Å². The molecule has 1 heterocycles. The minimum Gasteiger partial charge on any atom is -0.453 e. The lowest BCUT2D eigenvalue weighted by atomic mass is 10.2. The van der Waals surface area contributed by atoms with Gasteiger partial charge in [0.15, 0.2) is 0 Å². The first kappa shape index (κ1) is 23.5. The summed E-state index contributed by atoms with van der Waals surface area (Å²) in [6, 6.07) is 13.8. The molecule has 0 fully saturated rings. The highest BCUT2D eigenvalue weighted by molar-refractivity contribution is 7.99. The lowest BCUT2D eigenvalue weighted by molar-refractivity contribution is -0.384. The Labute approximate surface area is 201 Å². The van der Waals surface area contributed by atoms with Crippen molar-refractivity contribution in [2.75, 3.05) is 17.3 Å². The molecule has 35 heavy (non-hydrogen) atoms. The van der Waals surface area contributed by atoms with Gasteiger partial charge in [-0.2, -0.15) is 0 Å². The molecule has 1 aromatic heterocycles. The van der Waals surface area contributed by atoms with Crippen LogP contribution >= 0.6 is 11.8 Å².